The van der Waals surface area contributed by atoms with Gasteiger partial charge in [0.1, 0.15) is 45.1 Å². The fourth-order valence-electron chi connectivity index (χ4n) is 2.79. The molecule has 0 amide bonds. The predicted molar refractivity (Wildman–Crippen MR) is 88.8 cm³/mol. The molecule has 1 aromatic rings. The van der Waals surface area contributed by atoms with Crippen molar-refractivity contribution in [3.05, 3.63) is 29.3 Å². The average Bonchev–Trinajstić information content (AvgIpc) is 2.53. The number of piperazine rings is 1. The highest BCUT2D eigenvalue weighted by molar-refractivity contribution is 5.37. The second-order valence-electron chi connectivity index (χ2n) is 6.51. The molecule has 4 heteroatoms. The van der Waals surface area contributed by atoms with Crippen LogP contribution in [0.2, 0.25) is 0 Å². The lowest BCUT2D eigenvalue weighted by Gasteiger charge is -2.21. The molecule has 1 saturated heterocycles. The first-order valence-corrected chi connectivity index (χ1v) is 8.63. The van der Waals surface area contributed by atoms with Crippen molar-refractivity contribution in [3.8, 4) is 5.75 Å². The third-order valence-corrected chi connectivity index (χ3v) is 4.37. The first kappa shape index (κ1) is 17.3. The van der Waals surface area contributed by atoms with Crippen LogP contribution in [0.3, 0.4) is 0 Å². The molecule has 1 aliphatic heterocycles. The van der Waals surface area contributed by atoms with E-state index in [4.69, 9.17) is 9.47 Å². The Hall–Kier alpha value is -1.10. The van der Waals surface area contributed by atoms with Crippen LogP contribution in [0.5, 0.6) is 5.75 Å². The molecular formula is C18H32N2O2+2. The second-order valence-corrected chi connectivity index (χ2v) is 6.51. The number of hydrogen-bond acceptors (Lipinski definition) is 2. The summed E-state index contributed by atoms with van der Waals surface area (Å²) in [5, 5.41) is 2.39. The van der Waals surface area contributed by atoms with Crippen LogP contribution < -0.4 is 15.0 Å². The Morgan fingerprint density at radius 1 is 1.14 bits per heavy atom. The van der Waals surface area contributed by atoms with E-state index in [1.165, 1.54) is 37.3 Å². The lowest BCUT2D eigenvalue weighted by Crippen LogP contribution is -3.20. The van der Waals surface area contributed by atoms with Crippen LogP contribution in [0.15, 0.2) is 18.2 Å². The predicted octanol–water partition coefficient (Wildman–Crippen LogP) is -0.0243. The summed E-state index contributed by atoms with van der Waals surface area (Å²) in [4.78, 5) is 1.67. The number of rotatable bonds is 8. The standard InChI is InChI=1S/C18H30N2O2/c1-15(2)17-5-4-16(3)18(14-17)22-13-12-21-11-10-20-8-6-19-7-9-20/h4-5,14-15,19H,6-13H2,1-3H3/p+2. The van der Waals surface area contributed by atoms with E-state index in [1.54, 1.807) is 4.90 Å². The van der Waals surface area contributed by atoms with Gasteiger partial charge in [0.25, 0.3) is 0 Å². The van der Waals surface area contributed by atoms with Crippen molar-refractivity contribution in [1.82, 2.24) is 0 Å². The van der Waals surface area contributed by atoms with E-state index in [-0.39, 0.29) is 0 Å². The number of hydrogen-bond donors (Lipinski definition) is 2. The Kier molecular flexibility index (Phi) is 7.16. The van der Waals surface area contributed by atoms with Gasteiger partial charge in [0.2, 0.25) is 0 Å². The summed E-state index contributed by atoms with van der Waals surface area (Å²) in [5.74, 6) is 1.52. The Labute approximate surface area is 134 Å². The molecule has 1 heterocycles. The molecule has 22 heavy (non-hydrogen) atoms. The van der Waals surface area contributed by atoms with Crippen LogP contribution >= 0.6 is 0 Å². The fraction of sp³-hybridized carbons (Fsp3) is 0.667. The second kappa shape index (κ2) is 9.13. The molecule has 0 spiro atoms. The molecule has 0 atom stereocenters. The first-order chi connectivity index (χ1) is 10.7. The largest absolute Gasteiger partial charge is 0.491 e. The van der Waals surface area contributed by atoms with E-state index in [2.05, 4.69) is 44.3 Å². The molecule has 124 valence electrons. The molecule has 0 bridgehead atoms. The van der Waals surface area contributed by atoms with Crippen LogP contribution in [-0.4, -0.2) is 52.5 Å². The van der Waals surface area contributed by atoms with Gasteiger partial charge < -0.3 is 19.7 Å². The number of ether oxygens (including phenoxy) is 2. The molecule has 0 radical (unpaired) electrons. The molecule has 3 N–H and O–H groups in total. The summed E-state index contributed by atoms with van der Waals surface area (Å²) in [7, 11) is 0. The van der Waals surface area contributed by atoms with Gasteiger partial charge in [0, 0.05) is 0 Å². The van der Waals surface area contributed by atoms with Gasteiger partial charge in [0.05, 0.1) is 13.2 Å². The topological polar surface area (TPSA) is 39.5 Å². The number of benzene rings is 1. The normalized spacial score (nSPS) is 16.2. The minimum Gasteiger partial charge on any atom is -0.491 e. The first-order valence-electron chi connectivity index (χ1n) is 8.63. The maximum atomic E-state index is 5.88. The smallest absolute Gasteiger partial charge is 0.127 e. The minimum absolute atomic E-state index is 0.531. The van der Waals surface area contributed by atoms with Gasteiger partial charge in [-0.25, -0.2) is 0 Å². The highest BCUT2D eigenvalue weighted by atomic mass is 16.5. The van der Waals surface area contributed by atoms with Gasteiger partial charge in [0.15, 0.2) is 0 Å². The van der Waals surface area contributed by atoms with Crippen molar-refractivity contribution in [2.24, 2.45) is 0 Å². The van der Waals surface area contributed by atoms with Crippen molar-refractivity contribution in [2.75, 3.05) is 52.5 Å². The SMILES string of the molecule is Cc1ccc(C(C)C)cc1OCCOCC[NH+]1CC[NH2+]CC1. The lowest BCUT2D eigenvalue weighted by atomic mass is 10.0. The van der Waals surface area contributed by atoms with Gasteiger partial charge in [-0.1, -0.05) is 26.0 Å². The third-order valence-electron chi connectivity index (χ3n) is 4.37. The average molecular weight is 308 g/mol. The van der Waals surface area contributed by atoms with Crippen LogP contribution in [0.4, 0.5) is 0 Å². The quantitative estimate of drug-likeness (QED) is 0.663. The molecule has 1 fully saturated rings. The summed E-state index contributed by atoms with van der Waals surface area (Å²) in [5.41, 5.74) is 2.52. The molecule has 0 unspecified atom stereocenters. The van der Waals surface area contributed by atoms with E-state index >= 15 is 0 Å². The highest BCUT2D eigenvalue weighted by Crippen LogP contribution is 2.24. The van der Waals surface area contributed by atoms with Gasteiger partial charge >= 0.3 is 0 Å². The summed E-state index contributed by atoms with van der Waals surface area (Å²) in [6.07, 6.45) is 0. The van der Waals surface area contributed by atoms with E-state index < -0.39 is 0 Å². The number of aryl methyl sites for hydroxylation is 1. The molecule has 0 aliphatic carbocycles. The van der Waals surface area contributed by atoms with Crippen molar-refractivity contribution in [1.29, 1.82) is 0 Å². The maximum Gasteiger partial charge on any atom is 0.127 e. The summed E-state index contributed by atoms with van der Waals surface area (Å²) >= 11 is 0. The summed E-state index contributed by atoms with van der Waals surface area (Å²) < 4.78 is 11.6. The number of nitrogens with one attached hydrogen (secondary N) is 1. The zero-order valence-corrected chi connectivity index (χ0v) is 14.4. The third kappa shape index (κ3) is 5.59. The molecule has 4 nitrogen and oxygen atoms in total. The van der Waals surface area contributed by atoms with Crippen LogP contribution in [0.25, 0.3) is 0 Å². The van der Waals surface area contributed by atoms with Gasteiger partial charge in [-0.05, 0) is 30.0 Å². The minimum atomic E-state index is 0.531. The van der Waals surface area contributed by atoms with Gasteiger partial charge in [-0.15, -0.1) is 0 Å². The number of nitrogens with two attached hydrogens (primary N) is 1. The molecule has 0 saturated carbocycles. The Bertz CT molecular complexity index is 443. The molecule has 2 rings (SSSR count). The van der Waals surface area contributed by atoms with Crippen LogP contribution in [-0.2, 0) is 4.74 Å². The van der Waals surface area contributed by atoms with E-state index in [0.717, 1.165) is 18.9 Å². The zero-order valence-electron chi connectivity index (χ0n) is 14.4. The van der Waals surface area contributed by atoms with E-state index in [0.29, 0.717) is 19.1 Å². The molecule has 1 aliphatic rings. The maximum absolute atomic E-state index is 5.88. The summed E-state index contributed by atoms with van der Waals surface area (Å²) in [6.45, 7) is 14.8. The van der Waals surface area contributed by atoms with Crippen molar-refractivity contribution in [3.63, 3.8) is 0 Å². The van der Waals surface area contributed by atoms with Crippen molar-refractivity contribution >= 4 is 0 Å². The van der Waals surface area contributed by atoms with E-state index in [9.17, 15) is 0 Å². The molecule has 1 aromatic carbocycles. The van der Waals surface area contributed by atoms with Gasteiger partial charge in [-0.3, -0.25) is 0 Å². The Morgan fingerprint density at radius 3 is 2.64 bits per heavy atom. The van der Waals surface area contributed by atoms with Crippen LogP contribution in [0, 0.1) is 6.92 Å². The van der Waals surface area contributed by atoms with E-state index in [1.807, 2.05) is 0 Å². The molecular weight excluding hydrogens is 276 g/mol. The summed E-state index contributed by atoms with van der Waals surface area (Å²) in [6, 6.07) is 6.48. The van der Waals surface area contributed by atoms with Crippen molar-refractivity contribution < 1.29 is 19.7 Å². The van der Waals surface area contributed by atoms with Crippen LogP contribution in [0.1, 0.15) is 30.9 Å². The zero-order chi connectivity index (χ0) is 15.8. The Balaban J connectivity index is 1.63. The van der Waals surface area contributed by atoms with Crippen molar-refractivity contribution in [2.45, 2.75) is 26.7 Å². The van der Waals surface area contributed by atoms with Gasteiger partial charge in [-0.2, -0.15) is 0 Å². The Morgan fingerprint density at radius 2 is 1.91 bits per heavy atom. The number of quaternary nitrogens is 2. The fourth-order valence-corrected chi connectivity index (χ4v) is 2.79. The molecule has 0 aromatic heterocycles. The monoisotopic (exact) mass is 308 g/mol. The highest BCUT2D eigenvalue weighted by Gasteiger charge is 2.14. The lowest BCUT2D eigenvalue weighted by molar-refractivity contribution is -0.947.